The summed E-state index contributed by atoms with van der Waals surface area (Å²) in [6.45, 7) is 5.67. The van der Waals surface area contributed by atoms with Gasteiger partial charge in [0.05, 0.1) is 11.5 Å². The number of Topliss-reactive ketones (excluding diaryl/α,β-unsaturated/α-hetero) is 1. The van der Waals surface area contributed by atoms with Crippen molar-refractivity contribution >= 4 is 11.8 Å². The van der Waals surface area contributed by atoms with Crippen LogP contribution in [-0.4, -0.2) is 17.9 Å². The average molecular weight is 372 g/mol. The second-order valence-electron chi connectivity index (χ2n) is 10.1. The fourth-order valence-electron chi connectivity index (χ4n) is 8.02. The van der Waals surface area contributed by atoms with Crippen LogP contribution in [0.1, 0.15) is 78.6 Å². The SMILES string of the molecule is CC(=O)OC1CCC2(C)C(CCC3C2CCC2(C#N)C(C(C)=O)CCC32)C1. The number of nitriles is 1. The molecule has 0 saturated heterocycles. The Bertz CT molecular complexity index is 682. The predicted molar refractivity (Wildman–Crippen MR) is 101 cm³/mol. The third kappa shape index (κ3) is 2.76. The van der Waals surface area contributed by atoms with Crippen LogP contribution in [0.2, 0.25) is 0 Å². The standard InChI is InChI=1S/C23H33NO3/c1-14(25)19-6-7-21-18-5-4-16-12-17(27-15(2)26)8-10-22(16,3)20(18)9-11-23(19,21)13-24/h16-21H,4-12H2,1-3H3. The Balaban J connectivity index is 1.57. The van der Waals surface area contributed by atoms with E-state index in [1.165, 1.54) is 19.8 Å². The summed E-state index contributed by atoms with van der Waals surface area (Å²) in [5, 5.41) is 10.1. The van der Waals surface area contributed by atoms with E-state index in [4.69, 9.17) is 4.74 Å². The summed E-state index contributed by atoms with van der Waals surface area (Å²) in [7, 11) is 0. The number of hydrogen-bond acceptors (Lipinski definition) is 4. The fourth-order valence-corrected chi connectivity index (χ4v) is 8.02. The number of nitrogens with zero attached hydrogens (tertiary/aromatic N) is 1. The monoisotopic (exact) mass is 371 g/mol. The van der Waals surface area contributed by atoms with Crippen molar-refractivity contribution in [1.82, 2.24) is 0 Å². The van der Waals surface area contributed by atoms with Crippen LogP contribution in [0.25, 0.3) is 0 Å². The minimum absolute atomic E-state index is 0.0429. The molecule has 0 aromatic heterocycles. The summed E-state index contributed by atoms with van der Waals surface area (Å²) in [5.74, 6) is 2.30. The van der Waals surface area contributed by atoms with E-state index >= 15 is 0 Å². The molecule has 4 heteroatoms. The molecular weight excluding hydrogens is 338 g/mol. The molecule has 4 aliphatic carbocycles. The smallest absolute Gasteiger partial charge is 0.302 e. The van der Waals surface area contributed by atoms with Gasteiger partial charge in [-0.2, -0.15) is 5.26 Å². The number of fused-ring (bicyclic) bond motifs is 5. The normalized spacial score (nSPS) is 48.5. The van der Waals surface area contributed by atoms with Gasteiger partial charge in [-0.15, -0.1) is 0 Å². The molecule has 4 saturated carbocycles. The molecule has 0 heterocycles. The van der Waals surface area contributed by atoms with Gasteiger partial charge in [0, 0.05) is 12.8 Å². The van der Waals surface area contributed by atoms with Gasteiger partial charge < -0.3 is 4.74 Å². The van der Waals surface area contributed by atoms with E-state index in [0.29, 0.717) is 29.1 Å². The van der Waals surface area contributed by atoms with Crippen LogP contribution in [0, 0.1) is 51.8 Å². The van der Waals surface area contributed by atoms with Gasteiger partial charge in [0.1, 0.15) is 11.9 Å². The molecule has 0 aliphatic heterocycles. The van der Waals surface area contributed by atoms with Crippen molar-refractivity contribution in [3.8, 4) is 6.07 Å². The van der Waals surface area contributed by atoms with E-state index in [1.807, 2.05) is 0 Å². The first-order valence-corrected chi connectivity index (χ1v) is 10.9. The highest BCUT2D eigenvalue weighted by Crippen LogP contribution is 2.67. The van der Waals surface area contributed by atoms with E-state index < -0.39 is 5.41 Å². The van der Waals surface area contributed by atoms with Crippen LogP contribution >= 0.6 is 0 Å². The highest BCUT2D eigenvalue weighted by molar-refractivity contribution is 5.80. The molecule has 0 amide bonds. The number of rotatable bonds is 2. The zero-order valence-electron chi connectivity index (χ0n) is 17.0. The Morgan fingerprint density at radius 3 is 2.44 bits per heavy atom. The minimum Gasteiger partial charge on any atom is -0.463 e. The van der Waals surface area contributed by atoms with E-state index in [-0.39, 0.29) is 23.8 Å². The largest absolute Gasteiger partial charge is 0.463 e. The molecule has 4 aliphatic rings. The van der Waals surface area contributed by atoms with Crippen molar-refractivity contribution in [3.63, 3.8) is 0 Å². The lowest BCUT2D eigenvalue weighted by molar-refractivity contribution is -0.159. The summed E-state index contributed by atoms with van der Waals surface area (Å²) in [6.07, 6.45) is 9.49. The fraction of sp³-hybridized carbons (Fsp3) is 0.870. The molecular formula is C23H33NO3. The molecule has 0 aromatic rings. The average Bonchev–Trinajstić information content (AvgIpc) is 3.02. The summed E-state index contributed by atoms with van der Waals surface area (Å²) >= 11 is 0. The quantitative estimate of drug-likeness (QED) is 0.662. The van der Waals surface area contributed by atoms with E-state index in [0.717, 1.165) is 44.9 Å². The lowest BCUT2D eigenvalue weighted by atomic mass is 9.44. The summed E-state index contributed by atoms with van der Waals surface area (Å²) in [6, 6.07) is 2.68. The Kier molecular flexibility index (Phi) is 4.64. The van der Waals surface area contributed by atoms with Crippen molar-refractivity contribution < 1.29 is 14.3 Å². The van der Waals surface area contributed by atoms with Crippen molar-refractivity contribution in [2.75, 3.05) is 0 Å². The zero-order chi connectivity index (χ0) is 19.4. The summed E-state index contributed by atoms with van der Waals surface area (Å²) in [4.78, 5) is 23.6. The third-order valence-electron chi connectivity index (χ3n) is 9.16. The number of hydrogen-bond donors (Lipinski definition) is 0. The van der Waals surface area contributed by atoms with Gasteiger partial charge in [-0.1, -0.05) is 6.92 Å². The number of esters is 1. The van der Waals surface area contributed by atoms with Crippen molar-refractivity contribution in [2.24, 2.45) is 40.4 Å². The Morgan fingerprint density at radius 2 is 1.78 bits per heavy atom. The lowest BCUT2D eigenvalue weighted by Crippen LogP contribution is -2.54. The van der Waals surface area contributed by atoms with Gasteiger partial charge >= 0.3 is 5.97 Å². The maximum Gasteiger partial charge on any atom is 0.302 e. The Morgan fingerprint density at radius 1 is 1.00 bits per heavy atom. The highest BCUT2D eigenvalue weighted by Gasteiger charge is 2.63. The molecule has 4 rings (SSSR count). The van der Waals surface area contributed by atoms with Crippen molar-refractivity contribution in [3.05, 3.63) is 0 Å². The van der Waals surface area contributed by atoms with Gasteiger partial charge in [-0.3, -0.25) is 9.59 Å². The van der Waals surface area contributed by atoms with Gasteiger partial charge in [0.15, 0.2) is 0 Å². The topological polar surface area (TPSA) is 67.2 Å². The first kappa shape index (κ1) is 19.0. The van der Waals surface area contributed by atoms with E-state index in [1.54, 1.807) is 6.92 Å². The molecule has 8 unspecified atom stereocenters. The van der Waals surface area contributed by atoms with Gasteiger partial charge in [0.25, 0.3) is 0 Å². The van der Waals surface area contributed by atoms with Gasteiger partial charge in [-0.25, -0.2) is 0 Å². The number of ether oxygens (including phenoxy) is 1. The predicted octanol–water partition coefficient (Wildman–Crippen LogP) is 4.67. The van der Waals surface area contributed by atoms with Crippen LogP contribution in [0.15, 0.2) is 0 Å². The summed E-state index contributed by atoms with van der Waals surface area (Å²) < 4.78 is 5.54. The summed E-state index contributed by atoms with van der Waals surface area (Å²) in [5.41, 5.74) is -0.0966. The first-order valence-electron chi connectivity index (χ1n) is 10.9. The van der Waals surface area contributed by atoms with Crippen LogP contribution < -0.4 is 0 Å². The maximum atomic E-state index is 12.2. The molecule has 27 heavy (non-hydrogen) atoms. The molecule has 0 radical (unpaired) electrons. The first-order chi connectivity index (χ1) is 12.8. The molecule has 8 atom stereocenters. The molecule has 0 spiro atoms. The minimum atomic E-state index is -0.398. The van der Waals surface area contributed by atoms with E-state index in [9.17, 15) is 14.9 Å². The van der Waals surface area contributed by atoms with Crippen molar-refractivity contribution in [2.45, 2.75) is 84.7 Å². The van der Waals surface area contributed by atoms with Crippen molar-refractivity contribution in [1.29, 1.82) is 5.26 Å². The van der Waals surface area contributed by atoms with Crippen LogP contribution in [0.3, 0.4) is 0 Å². The second kappa shape index (κ2) is 6.61. The lowest BCUT2D eigenvalue weighted by Gasteiger charge is -2.60. The highest BCUT2D eigenvalue weighted by atomic mass is 16.5. The number of carbonyl (C=O) groups excluding carboxylic acids is 2. The zero-order valence-corrected chi connectivity index (χ0v) is 17.0. The molecule has 0 aromatic carbocycles. The second-order valence-corrected chi connectivity index (χ2v) is 10.1. The molecule has 4 fully saturated rings. The van der Waals surface area contributed by atoms with Gasteiger partial charge in [0.2, 0.25) is 0 Å². The molecule has 4 nitrogen and oxygen atoms in total. The Labute approximate surface area is 163 Å². The van der Waals surface area contributed by atoms with E-state index in [2.05, 4.69) is 13.0 Å². The number of ketones is 1. The third-order valence-corrected chi connectivity index (χ3v) is 9.16. The Hall–Kier alpha value is -1.37. The van der Waals surface area contributed by atoms with Crippen LogP contribution in [0.4, 0.5) is 0 Å². The molecule has 0 N–H and O–H groups in total. The molecule has 0 bridgehead atoms. The van der Waals surface area contributed by atoms with Crippen LogP contribution in [-0.2, 0) is 14.3 Å². The van der Waals surface area contributed by atoms with Crippen LogP contribution in [0.5, 0.6) is 0 Å². The maximum absolute atomic E-state index is 12.2. The number of carbonyl (C=O) groups is 2. The molecule has 148 valence electrons. The van der Waals surface area contributed by atoms with Gasteiger partial charge in [-0.05, 0) is 93.8 Å².